The Kier molecular flexibility index (Phi) is 3.49. The second-order valence-corrected chi connectivity index (χ2v) is 9.44. The van der Waals surface area contributed by atoms with E-state index >= 15 is 0 Å². The Balaban J connectivity index is 3.12. The zero-order valence-corrected chi connectivity index (χ0v) is 10.7. The van der Waals surface area contributed by atoms with Gasteiger partial charge in [-0.25, -0.2) is 0 Å². The molecule has 0 spiro atoms. The number of carbonyl (C=O) groups is 1. The standard InChI is InChI=1S/C13H16OSi/c1-11-5-6-12(10-14)9-13(11)7-8-15(2,3)4/h5-6,9-10H,1-4H3. The summed E-state index contributed by atoms with van der Waals surface area (Å²) in [6.07, 6.45) is 0.860. The van der Waals surface area contributed by atoms with Crippen LogP contribution >= 0.6 is 0 Å². The van der Waals surface area contributed by atoms with Gasteiger partial charge in [0.15, 0.2) is 0 Å². The van der Waals surface area contributed by atoms with E-state index in [4.69, 9.17) is 0 Å². The number of benzene rings is 1. The smallest absolute Gasteiger partial charge is 0.150 e. The summed E-state index contributed by atoms with van der Waals surface area (Å²) in [5.74, 6) is 3.18. The number of hydrogen-bond acceptors (Lipinski definition) is 1. The summed E-state index contributed by atoms with van der Waals surface area (Å²) in [5, 5.41) is 0. The van der Waals surface area contributed by atoms with Crippen molar-refractivity contribution in [3.63, 3.8) is 0 Å². The number of aldehydes is 1. The average molecular weight is 216 g/mol. The molecular weight excluding hydrogens is 200 g/mol. The lowest BCUT2D eigenvalue weighted by Crippen LogP contribution is -2.16. The van der Waals surface area contributed by atoms with Gasteiger partial charge >= 0.3 is 0 Å². The quantitative estimate of drug-likeness (QED) is 0.400. The minimum Gasteiger partial charge on any atom is -0.298 e. The van der Waals surface area contributed by atoms with Gasteiger partial charge in [0, 0.05) is 11.1 Å². The van der Waals surface area contributed by atoms with E-state index in [2.05, 4.69) is 31.1 Å². The number of carbonyl (C=O) groups excluding carboxylic acids is 1. The van der Waals surface area contributed by atoms with Gasteiger partial charge in [-0.3, -0.25) is 4.79 Å². The molecular formula is C13H16OSi. The maximum Gasteiger partial charge on any atom is 0.150 e. The molecule has 15 heavy (non-hydrogen) atoms. The molecule has 0 unspecified atom stereocenters. The molecule has 0 saturated heterocycles. The molecule has 1 rings (SSSR count). The molecule has 1 aromatic carbocycles. The van der Waals surface area contributed by atoms with Crippen LogP contribution in [0.1, 0.15) is 21.5 Å². The first-order valence-corrected chi connectivity index (χ1v) is 8.51. The third-order valence-corrected chi connectivity index (χ3v) is 2.84. The Labute approximate surface area is 92.5 Å². The van der Waals surface area contributed by atoms with Gasteiger partial charge in [0.25, 0.3) is 0 Å². The van der Waals surface area contributed by atoms with E-state index in [1.54, 1.807) is 0 Å². The van der Waals surface area contributed by atoms with Crippen molar-refractivity contribution in [3.8, 4) is 11.5 Å². The molecule has 1 nitrogen and oxygen atoms in total. The van der Waals surface area contributed by atoms with Crippen LogP contribution in [0.5, 0.6) is 0 Å². The molecule has 0 bridgehead atoms. The Hall–Kier alpha value is -1.33. The van der Waals surface area contributed by atoms with E-state index in [0.717, 1.165) is 17.4 Å². The number of rotatable bonds is 1. The molecule has 0 fully saturated rings. The molecule has 0 saturated carbocycles. The van der Waals surface area contributed by atoms with E-state index < -0.39 is 8.07 Å². The molecule has 0 aliphatic heterocycles. The van der Waals surface area contributed by atoms with Crippen LogP contribution in [-0.4, -0.2) is 14.4 Å². The summed E-state index contributed by atoms with van der Waals surface area (Å²) in [6, 6.07) is 5.62. The second-order valence-electron chi connectivity index (χ2n) is 4.69. The summed E-state index contributed by atoms with van der Waals surface area (Å²) in [4.78, 5) is 10.6. The van der Waals surface area contributed by atoms with E-state index in [-0.39, 0.29) is 0 Å². The van der Waals surface area contributed by atoms with Gasteiger partial charge in [-0.2, -0.15) is 0 Å². The van der Waals surface area contributed by atoms with Gasteiger partial charge < -0.3 is 0 Å². The zero-order chi connectivity index (χ0) is 11.5. The van der Waals surface area contributed by atoms with Crippen LogP contribution in [0.25, 0.3) is 0 Å². The molecule has 0 aliphatic rings. The molecule has 0 aromatic heterocycles. The highest BCUT2D eigenvalue weighted by atomic mass is 28.3. The molecule has 2 heteroatoms. The molecule has 78 valence electrons. The van der Waals surface area contributed by atoms with Crippen molar-refractivity contribution in [3.05, 3.63) is 34.9 Å². The topological polar surface area (TPSA) is 17.1 Å². The first-order chi connectivity index (χ1) is 6.92. The Morgan fingerprint density at radius 3 is 2.47 bits per heavy atom. The average Bonchev–Trinajstić information content (AvgIpc) is 2.15. The predicted octanol–water partition coefficient (Wildman–Crippen LogP) is 3.04. The van der Waals surface area contributed by atoms with Gasteiger partial charge in [-0.15, -0.1) is 5.54 Å². The van der Waals surface area contributed by atoms with Gasteiger partial charge in [0.2, 0.25) is 0 Å². The van der Waals surface area contributed by atoms with Crippen LogP contribution < -0.4 is 0 Å². The van der Waals surface area contributed by atoms with Crippen molar-refractivity contribution in [2.45, 2.75) is 26.6 Å². The second kappa shape index (κ2) is 4.46. The molecule has 1 aromatic rings. The third kappa shape index (κ3) is 3.73. The lowest BCUT2D eigenvalue weighted by molar-refractivity contribution is 0.112. The molecule has 0 amide bonds. The van der Waals surface area contributed by atoms with Crippen LogP contribution in [0.3, 0.4) is 0 Å². The van der Waals surface area contributed by atoms with Crippen LogP contribution in [0.4, 0.5) is 0 Å². The van der Waals surface area contributed by atoms with Crippen molar-refractivity contribution in [2.75, 3.05) is 0 Å². The SMILES string of the molecule is Cc1ccc(C=O)cc1C#C[Si](C)(C)C. The van der Waals surface area contributed by atoms with Gasteiger partial charge in [-0.05, 0) is 18.6 Å². The highest BCUT2D eigenvalue weighted by molar-refractivity contribution is 6.83. The fraction of sp³-hybridized carbons (Fsp3) is 0.308. The monoisotopic (exact) mass is 216 g/mol. The number of aryl methyl sites for hydroxylation is 1. The van der Waals surface area contributed by atoms with E-state index in [0.29, 0.717) is 5.56 Å². The van der Waals surface area contributed by atoms with E-state index in [9.17, 15) is 4.79 Å². The van der Waals surface area contributed by atoms with Crippen LogP contribution in [0.15, 0.2) is 18.2 Å². The molecule has 0 aliphatic carbocycles. The Bertz CT molecular complexity index is 430. The maximum absolute atomic E-state index is 10.6. The van der Waals surface area contributed by atoms with Crippen LogP contribution in [0.2, 0.25) is 19.6 Å². The van der Waals surface area contributed by atoms with Crippen molar-refractivity contribution in [2.24, 2.45) is 0 Å². The van der Waals surface area contributed by atoms with Crippen molar-refractivity contribution in [1.29, 1.82) is 0 Å². The minimum absolute atomic E-state index is 0.695. The molecule has 0 N–H and O–H groups in total. The summed E-state index contributed by atoms with van der Waals surface area (Å²) in [5.41, 5.74) is 6.10. The van der Waals surface area contributed by atoms with Gasteiger partial charge in [0.1, 0.15) is 14.4 Å². The molecule has 0 atom stereocenters. The highest BCUT2D eigenvalue weighted by Crippen LogP contribution is 2.09. The zero-order valence-electron chi connectivity index (χ0n) is 9.72. The van der Waals surface area contributed by atoms with Crippen LogP contribution in [0, 0.1) is 18.4 Å². The van der Waals surface area contributed by atoms with Crippen LogP contribution in [-0.2, 0) is 0 Å². The first kappa shape index (κ1) is 11.7. The lowest BCUT2D eigenvalue weighted by atomic mass is 10.1. The molecule has 0 heterocycles. The Morgan fingerprint density at radius 1 is 1.27 bits per heavy atom. The molecule has 0 radical (unpaired) electrons. The fourth-order valence-electron chi connectivity index (χ4n) is 1.10. The fourth-order valence-corrected chi connectivity index (χ4v) is 1.61. The summed E-state index contributed by atoms with van der Waals surface area (Å²) in [6.45, 7) is 8.64. The normalized spacial score (nSPS) is 10.4. The summed E-state index contributed by atoms with van der Waals surface area (Å²) >= 11 is 0. The predicted molar refractivity (Wildman–Crippen MR) is 66.8 cm³/mol. The Morgan fingerprint density at radius 2 is 1.93 bits per heavy atom. The van der Waals surface area contributed by atoms with Crippen molar-refractivity contribution in [1.82, 2.24) is 0 Å². The summed E-state index contributed by atoms with van der Waals surface area (Å²) < 4.78 is 0. The maximum atomic E-state index is 10.6. The summed E-state index contributed by atoms with van der Waals surface area (Å²) in [7, 11) is -1.34. The highest BCUT2D eigenvalue weighted by Gasteiger charge is 2.07. The first-order valence-electron chi connectivity index (χ1n) is 5.01. The largest absolute Gasteiger partial charge is 0.298 e. The van der Waals surface area contributed by atoms with E-state index in [1.807, 2.05) is 25.1 Å². The van der Waals surface area contributed by atoms with Gasteiger partial charge in [-0.1, -0.05) is 37.7 Å². The minimum atomic E-state index is -1.34. The lowest BCUT2D eigenvalue weighted by Gasteiger charge is -2.04. The van der Waals surface area contributed by atoms with E-state index in [1.165, 1.54) is 0 Å². The van der Waals surface area contributed by atoms with Crippen molar-refractivity contribution < 1.29 is 4.79 Å². The van der Waals surface area contributed by atoms with Gasteiger partial charge in [0.05, 0.1) is 0 Å². The number of hydrogen-bond donors (Lipinski definition) is 0. The van der Waals surface area contributed by atoms with Crippen molar-refractivity contribution >= 4 is 14.4 Å². The third-order valence-electron chi connectivity index (χ3n) is 1.97.